The maximum absolute atomic E-state index is 12.3. The number of anilines is 1. The number of carbonyl (C=O) groups is 1. The highest BCUT2D eigenvalue weighted by Gasteiger charge is 2.30. The highest BCUT2D eigenvalue weighted by atomic mass is 16.5. The first-order valence-corrected chi connectivity index (χ1v) is 7.68. The van der Waals surface area contributed by atoms with E-state index in [9.17, 15) is 4.79 Å². The summed E-state index contributed by atoms with van der Waals surface area (Å²) < 4.78 is 5.39. The summed E-state index contributed by atoms with van der Waals surface area (Å²) in [4.78, 5) is 12.3. The van der Waals surface area contributed by atoms with Gasteiger partial charge in [0, 0.05) is 23.2 Å². The maximum Gasteiger partial charge on any atom is 0.226 e. The number of rotatable bonds is 4. The van der Waals surface area contributed by atoms with E-state index in [4.69, 9.17) is 10.5 Å². The molecule has 0 unspecified atom stereocenters. The van der Waals surface area contributed by atoms with Crippen molar-refractivity contribution in [3.63, 3.8) is 0 Å². The van der Waals surface area contributed by atoms with Gasteiger partial charge in [0.15, 0.2) is 0 Å². The van der Waals surface area contributed by atoms with Crippen LogP contribution in [-0.4, -0.2) is 18.6 Å². The minimum atomic E-state index is -0.328. The molecule has 0 saturated heterocycles. The minimum absolute atomic E-state index is 0.00611. The van der Waals surface area contributed by atoms with Crippen molar-refractivity contribution in [2.75, 3.05) is 12.4 Å². The van der Waals surface area contributed by atoms with Crippen LogP contribution < -0.4 is 15.8 Å². The van der Waals surface area contributed by atoms with Crippen LogP contribution in [-0.2, 0) is 4.79 Å². The average molecular weight is 290 g/mol. The zero-order chi connectivity index (χ0) is 15.5. The van der Waals surface area contributed by atoms with Gasteiger partial charge in [0.2, 0.25) is 5.91 Å². The SMILES string of the molecule is COc1c(C)ccc(NC(=O)CC2(N)CCCCC2)c1C. The summed E-state index contributed by atoms with van der Waals surface area (Å²) in [7, 11) is 1.65. The number of hydrogen-bond donors (Lipinski definition) is 2. The van der Waals surface area contributed by atoms with Gasteiger partial charge in [-0.1, -0.05) is 25.3 Å². The Morgan fingerprint density at radius 2 is 1.95 bits per heavy atom. The van der Waals surface area contributed by atoms with Gasteiger partial charge in [0.25, 0.3) is 0 Å². The molecule has 0 spiro atoms. The van der Waals surface area contributed by atoms with Crippen molar-refractivity contribution in [2.45, 2.75) is 57.9 Å². The van der Waals surface area contributed by atoms with Crippen LogP contribution in [0.1, 0.15) is 49.7 Å². The highest BCUT2D eigenvalue weighted by molar-refractivity contribution is 5.92. The van der Waals surface area contributed by atoms with Gasteiger partial charge in [-0.3, -0.25) is 4.79 Å². The van der Waals surface area contributed by atoms with Crippen LogP contribution in [0.5, 0.6) is 5.75 Å². The van der Waals surface area contributed by atoms with E-state index in [1.165, 1.54) is 6.42 Å². The molecule has 3 N–H and O–H groups in total. The predicted molar refractivity (Wildman–Crippen MR) is 85.7 cm³/mol. The number of methoxy groups -OCH3 is 1. The van der Waals surface area contributed by atoms with Crippen molar-refractivity contribution in [1.82, 2.24) is 0 Å². The molecule has 1 aromatic rings. The number of aryl methyl sites for hydroxylation is 1. The average Bonchev–Trinajstić information content (AvgIpc) is 2.43. The van der Waals surface area contributed by atoms with Gasteiger partial charge in [0.1, 0.15) is 5.75 Å². The lowest BCUT2D eigenvalue weighted by Crippen LogP contribution is -2.44. The molecular formula is C17H26N2O2. The number of nitrogens with two attached hydrogens (primary N) is 1. The standard InChI is InChI=1S/C17H26N2O2/c1-12-7-8-14(13(2)16(12)21-3)19-15(20)11-17(18)9-5-4-6-10-17/h7-8H,4-6,9-11,18H2,1-3H3,(H,19,20). The molecule has 0 atom stereocenters. The number of nitrogens with one attached hydrogen (secondary N) is 1. The Morgan fingerprint density at radius 1 is 1.29 bits per heavy atom. The summed E-state index contributed by atoms with van der Waals surface area (Å²) in [5.41, 5.74) is 8.85. The van der Waals surface area contributed by atoms with E-state index < -0.39 is 0 Å². The Labute approximate surface area is 127 Å². The molecule has 4 heteroatoms. The van der Waals surface area contributed by atoms with Crippen LogP contribution >= 0.6 is 0 Å². The molecule has 116 valence electrons. The third kappa shape index (κ3) is 3.76. The summed E-state index contributed by atoms with van der Waals surface area (Å²) in [5, 5.41) is 2.99. The summed E-state index contributed by atoms with van der Waals surface area (Å²) in [5.74, 6) is 0.821. The first-order chi connectivity index (χ1) is 9.95. The van der Waals surface area contributed by atoms with E-state index >= 15 is 0 Å². The van der Waals surface area contributed by atoms with Gasteiger partial charge >= 0.3 is 0 Å². The Balaban J connectivity index is 2.06. The number of carbonyl (C=O) groups excluding carboxylic acids is 1. The first kappa shape index (κ1) is 15.8. The molecule has 21 heavy (non-hydrogen) atoms. The number of amides is 1. The van der Waals surface area contributed by atoms with Crippen molar-refractivity contribution in [1.29, 1.82) is 0 Å². The van der Waals surface area contributed by atoms with Crippen LogP contribution in [0.15, 0.2) is 12.1 Å². The molecule has 1 aromatic carbocycles. The van der Waals surface area contributed by atoms with E-state index in [1.807, 2.05) is 26.0 Å². The van der Waals surface area contributed by atoms with E-state index in [-0.39, 0.29) is 11.4 Å². The molecule has 0 radical (unpaired) electrons. The molecule has 4 nitrogen and oxygen atoms in total. The number of hydrogen-bond acceptors (Lipinski definition) is 3. The Hall–Kier alpha value is -1.55. The summed E-state index contributed by atoms with van der Waals surface area (Å²) in [6.07, 6.45) is 5.76. The molecule has 0 bridgehead atoms. The molecule has 1 amide bonds. The molecule has 1 aliphatic carbocycles. The first-order valence-electron chi connectivity index (χ1n) is 7.68. The number of ether oxygens (including phenoxy) is 1. The zero-order valence-corrected chi connectivity index (χ0v) is 13.3. The molecule has 1 aliphatic rings. The molecule has 0 aliphatic heterocycles. The van der Waals surface area contributed by atoms with Gasteiger partial charge in [-0.25, -0.2) is 0 Å². The fourth-order valence-corrected chi connectivity index (χ4v) is 3.22. The van der Waals surface area contributed by atoms with Crippen LogP contribution in [0, 0.1) is 13.8 Å². The van der Waals surface area contributed by atoms with Gasteiger partial charge in [0.05, 0.1) is 7.11 Å². The molecule has 1 saturated carbocycles. The van der Waals surface area contributed by atoms with Gasteiger partial charge in [-0.05, 0) is 38.3 Å². The smallest absolute Gasteiger partial charge is 0.226 e. The second-order valence-electron chi connectivity index (χ2n) is 6.24. The van der Waals surface area contributed by atoms with Crippen LogP contribution in [0.4, 0.5) is 5.69 Å². The lowest BCUT2D eigenvalue weighted by atomic mass is 9.80. The number of benzene rings is 1. The van der Waals surface area contributed by atoms with Crippen molar-refractivity contribution >= 4 is 11.6 Å². The van der Waals surface area contributed by atoms with E-state index in [2.05, 4.69) is 5.32 Å². The predicted octanol–water partition coefficient (Wildman–Crippen LogP) is 3.30. The molecule has 0 heterocycles. The highest BCUT2D eigenvalue weighted by Crippen LogP contribution is 2.31. The van der Waals surface area contributed by atoms with E-state index in [0.717, 1.165) is 48.2 Å². The Morgan fingerprint density at radius 3 is 2.57 bits per heavy atom. The Kier molecular flexibility index (Phi) is 4.88. The van der Waals surface area contributed by atoms with Crippen LogP contribution in [0.25, 0.3) is 0 Å². The normalized spacial score (nSPS) is 17.3. The fourth-order valence-electron chi connectivity index (χ4n) is 3.22. The zero-order valence-electron chi connectivity index (χ0n) is 13.3. The van der Waals surface area contributed by atoms with Crippen molar-refractivity contribution < 1.29 is 9.53 Å². The summed E-state index contributed by atoms with van der Waals surface area (Å²) in [6, 6.07) is 3.88. The molecular weight excluding hydrogens is 264 g/mol. The topological polar surface area (TPSA) is 64.3 Å². The lowest BCUT2D eigenvalue weighted by Gasteiger charge is -2.32. The third-order valence-corrected chi connectivity index (χ3v) is 4.44. The van der Waals surface area contributed by atoms with Crippen molar-refractivity contribution in [3.8, 4) is 5.75 Å². The fraction of sp³-hybridized carbons (Fsp3) is 0.588. The van der Waals surface area contributed by atoms with Crippen LogP contribution in [0.2, 0.25) is 0 Å². The largest absolute Gasteiger partial charge is 0.496 e. The van der Waals surface area contributed by atoms with Gasteiger partial charge in [-0.15, -0.1) is 0 Å². The third-order valence-electron chi connectivity index (χ3n) is 4.44. The Bertz CT molecular complexity index is 520. The summed E-state index contributed by atoms with van der Waals surface area (Å²) >= 11 is 0. The van der Waals surface area contributed by atoms with Gasteiger partial charge < -0.3 is 15.8 Å². The monoisotopic (exact) mass is 290 g/mol. The lowest BCUT2D eigenvalue weighted by molar-refractivity contribution is -0.117. The quantitative estimate of drug-likeness (QED) is 0.894. The molecule has 0 aromatic heterocycles. The van der Waals surface area contributed by atoms with Crippen LogP contribution in [0.3, 0.4) is 0 Å². The maximum atomic E-state index is 12.3. The second-order valence-corrected chi connectivity index (χ2v) is 6.24. The second kappa shape index (κ2) is 6.48. The van der Waals surface area contributed by atoms with Crippen molar-refractivity contribution in [2.24, 2.45) is 5.73 Å². The van der Waals surface area contributed by atoms with Crippen molar-refractivity contribution in [3.05, 3.63) is 23.3 Å². The molecule has 2 rings (SSSR count). The van der Waals surface area contributed by atoms with E-state index in [1.54, 1.807) is 7.11 Å². The van der Waals surface area contributed by atoms with E-state index in [0.29, 0.717) is 6.42 Å². The summed E-state index contributed by atoms with van der Waals surface area (Å²) in [6.45, 7) is 3.95. The van der Waals surface area contributed by atoms with Gasteiger partial charge in [-0.2, -0.15) is 0 Å². The molecule has 1 fully saturated rings. The minimum Gasteiger partial charge on any atom is -0.496 e.